The predicted molar refractivity (Wildman–Crippen MR) is 91.1 cm³/mol. The molecule has 0 unspecified atom stereocenters. The highest BCUT2D eigenvalue weighted by atomic mass is 32.2. The minimum atomic E-state index is -2.97. The van der Waals surface area contributed by atoms with Crippen LogP contribution in [0.25, 0.3) is 10.9 Å². The maximum atomic E-state index is 11.3. The average Bonchev–Trinajstić information content (AvgIpc) is 2.85. The van der Waals surface area contributed by atoms with Gasteiger partial charge in [0.05, 0.1) is 17.4 Å². The maximum absolute atomic E-state index is 11.3. The second-order valence-electron chi connectivity index (χ2n) is 6.41. The second-order valence-corrected chi connectivity index (χ2v) is 8.67. The Morgan fingerprint density at radius 2 is 2.04 bits per heavy atom. The minimum absolute atomic E-state index is 0.125. The summed E-state index contributed by atoms with van der Waals surface area (Å²) in [5, 5.41) is 11.4. The van der Waals surface area contributed by atoms with Crippen molar-refractivity contribution in [3.63, 3.8) is 0 Å². The largest absolute Gasteiger partial charge is 0.391 e. The van der Waals surface area contributed by atoms with Crippen molar-refractivity contribution in [1.29, 1.82) is 0 Å². The van der Waals surface area contributed by atoms with Gasteiger partial charge in [-0.3, -0.25) is 9.88 Å². The number of hydrogen-bond donors (Lipinski definition) is 1. The van der Waals surface area contributed by atoms with Crippen molar-refractivity contribution in [1.82, 2.24) is 9.88 Å². The van der Waals surface area contributed by atoms with Crippen molar-refractivity contribution in [2.45, 2.75) is 12.5 Å². The Hall–Kier alpha value is -1.50. The summed E-state index contributed by atoms with van der Waals surface area (Å²) in [4.78, 5) is 6.41. The Balaban J connectivity index is 1.70. The fourth-order valence-electron chi connectivity index (χ4n) is 3.24. The number of aliphatic hydroxyl groups excluding tert-OH is 1. The number of aliphatic hydroxyl groups is 1. The van der Waals surface area contributed by atoms with Gasteiger partial charge in [0.2, 0.25) is 0 Å². The molecule has 1 aromatic heterocycles. The van der Waals surface area contributed by atoms with E-state index in [0.29, 0.717) is 13.1 Å². The molecule has 0 bridgehead atoms. The lowest BCUT2D eigenvalue weighted by Crippen LogP contribution is -2.27. The lowest BCUT2D eigenvalue weighted by atomic mass is 9.94. The number of rotatable bonds is 5. The van der Waals surface area contributed by atoms with Crippen LogP contribution in [0.3, 0.4) is 0 Å². The molecule has 23 heavy (non-hydrogen) atoms. The van der Waals surface area contributed by atoms with E-state index in [1.54, 1.807) is 6.20 Å². The van der Waals surface area contributed by atoms with E-state index in [1.165, 1.54) is 11.8 Å². The molecule has 6 heteroatoms. The van der Waals surface area contributed by atoms with Crippen LogP contribution >= 0.6 is 0 Å². The van der Waals surface area contributed by atoms with E-state index in [4.69, 9.17) is 0 Å². The van der Waals surface area contributed by atoms with Crippen LogP contribution in [0.1, 0.15) is 5.56 Å². The third-order valence-corrected chi connectivity index (χ3v) is 5.41. The van der Waals surface area contributed by atoms with Gasteiger partial charge < -0.3 is 5.11 Å². The van der Waals surface area contributed by atoms with Crippen molar-refractivity contribution in [2.75, 3.05) is 31.6 Å². The molecule has 0 amide bonds. The molecule has 1 saturated heterocycles. The molecule has 0 saturated carbocycles. The molecule has 2 aromatic rings. The van der Waals surface area contributed by atoms with Crippen LogP contribution in [0.15, 0.2) is 36.5 Å². The van der Waals surface area contributed by atoms with Gasteiger partial charge >= 0.3 is 0 Å². The van der Waals surface area contributed by atoms with E-state index in [0.717, 1.165) is 23.9 Å². The first kappa shape index (κ1) is 16.4. The van der Waals surface area contributed by atoms with Gasteiger partial charge in [-0.15, -0.1) is 0 Å². The lowest BCUT2D eigenvalue weighted by molar-refractivity contribution is 0.142. The van der Waals surface area contributed by atoms with Gasteiger partial charge in [0.25, 0.3) is 0 Å². The number of β-amino-alcohol motifs (C(OH)–C–C–N with tert-alkyl or cyclic N) is 1. The highest BCUT2D eigenvalue weighted by Gasteiger charge is 2.31. The highest BCUT2D eigenvalue weighted by molar-refractivity contribution is 7.90. The molecule has 0 aliphatic carbocycles. The molecule has 3 rings (SSSR count). The molecule has 1 N–H and O–H groups in total. The standard InChI is InChI=1S/C17H22N2O3S/c1-23(21,22)9-8-19-11-14(17(20)12-19)10-13-6-7-18-16-5-3-2-4-15(13)16/h2-7,14,17,20H,8-12H2,1H3/t14-,17-/m1/s1. The number of nitrogens with zero attached hydrogens (tertiary/aromatic N) is 2. The first-order valence-electron chi connectivity index (χ1n) is 7.83. The summed E-state index contributed by atoms with van der Waals surface area (Å²) >= 11 is 0. The smallest absolute Gasteiger partial charge is 0.148 e. The van der Waals surface area contributed by atoms with Crippen LogP contribution in [0.2, 0.25) is 0 Å². The number of fused-ring (bicyclic) bond motifs is 1. The summed E-state index contributed by atoms with van der Waals surface area (Å²) in [6, 6.07) is 10.0. The molecule has 5 nitrogen and oxygen atoms in total. The number of sulfone groups is 1. The summed E-state index contributed by atoms with van der Waals surface area (Å²) in [6.07, 6.45) is 3.42. The third kappa shape index (κ3) is 4.07. The topological polar surface area (TPSA) is 70.5 Å². The van der Waals surface area contributed by atoms with E-state index < -0.39 is 15.9 Å². The molecule has 1 aromatic carbocycles. The SMILES string of the molecule is CS(=O)(=O)CCN1C[C@@H](Cc2ccnc3ccccc23)[C@H](O)C1. The zero-order valence-corrected chi connectivity index (χ0v) is 14.0. The minimum Gasteiger partial charge on any atom is -0.391 e. The Morgan fingerprint density at radius 1 is 1.26 bits per heavy atom. The van der Waals surface area contributed by atoms with Crippen molar-refractivity contribution in [2.24, 2.45) is 5.92 Å². The van der Waals surface area contributed by atoms with Crippen molar-refractivity contribution < 1.29 is 13.5 Å². The van der Waals surface area contributed by atoms with Crippen LogP contribution in [-0.4, -0.2) is 61.2 Å². The molecular weight excluding hydrogens is 312 g/mol. The van der Waals surface area contributed by atoms with Crippen LogP contribution in [0.4, 0.5) is 0 Å². The van der Waals surface area contributed by atoms with E-state index in [9.17, 15) is 13.5 Å². The number of aromatic nitrogens is 1. The van der Waals surface area contributed by atoms with Gasteiger partial charge in [0, 0.05) is 43.4 Å². The van der Waals surface area contributed by atoms with Crippen LogP contribution in [0, 0.1) is 5.92 Å². The van der Waals surface area contributed by atoms with Gasteiger partial charge in [0.1, 0.15) is 9.84 Å². The number of pyridine rings is 1. The van der Waals surface area contributed by atoms with Crippen molar-refractivity contribution >= 4 is 20.7 Å². The molecular formula is C17H22N2O3S. The summed E-state index contributed by atoms with van der Waals surface area (Å²) in [5.41, 5.74) is 2.15. The summed E-state index contributed by atoms with van der Waals surface area (Å²) < 4.78 is 22.6. The molecule has 0 spiro atoms. The van der Waals surface area contributed by atoms with E-state index >= 15 is 0 Å². The fraction of sp³-hybridized carbons (Fsp3) is 0.471. The number of hydrogen-bond acceptors (Lipinski definition) is 5. The van der Waals surface area contributed by atoms with Gasteiger partial charge in [-0.05, 0) is 24.1 Å². The summed E-state index contributed by atoms with van der Waals surface area (Å²) in [7, 11) is -2.97. The summed E-state index contributed by atoms with van der Waals surface area (Å²) in [5.74, 6) is 0.269. The maximum Gasteiger partial charge on any atom is 0.148 e. The number of benzene rings is 1. The summed E-state index contributed by atoms with van der Waals surface area (Å²) in [6.45, 7) is 1.76. The van der Waals surface area contributed by atoms with Gasteiger partial charge in [-0.25, -0.2) is 8.42 Å². The third-order valence-electron chi connectivity index (χ3n) is 4.48. The fourth-order valence-corrected chi connectivity index (χ4v) is 3.82. The molecule has 2 heterocycles. The molecule has 0 radical (unpaired) electrons. The van der Waals surface area contributed by atoms with Crippen LogP contribution < -0.4 is 0 Å². The van der Waals surface area contributed by atoms with E-state index in [2.05, 4.69) is 11.1 Å². The number of para-hydroxylation sites is 1. The Bertz CT molecular complexity index is 786. The van der Waals surface area contributed by atoms with Crippen LogP contribution in [0.5, 0.6) is 0 Å². The molecule has 1 aliphatic rings. The van der Waals surface area contributed by atoms with Gasteiger partial charge in [0.15, 0.2) is 0 Å². The predicted octanol–water partition coefficient (Wildman–Crippen LogP) is 1.11. The molecule has 124 valence electrons. The average molecular weight is 334 g/mol. The first-order chi connectivity index (χ1) is 10.9. The van der Waals surface area contributed by atoms with Gasteiger partial charge in [-0.1, -0.05) is 18.2 Å². The van der Waals surface area contributed by atoms with E-state index in [-0.39, 0.29) is 11.7 Å². The Morgan fingerprint density at radius 3 is 2.83 bits per heavy atom. The van der Waals surface area contributed by atoms with Crippen LogP contribution in [-0.2, 0) is 16.3 Å². The normalized spacial score (nSPS) is 22.7. The second kappa shape index (κ2) is 6.55. The van der Waals surface area contributed by atoms with Crippen molar-refractivity contribution in [3.05, 3.63) is 42.1 Å². The van der Waals surface area contributed by atoms with Gasteiger partial charge in [-0.2, -0.15) is 0 Å². The Kier molecular flexibility index (Phi) is 4.66. The molecule has 1 fully saturated rings. The van der Waals surface area contributed by atoms with Crippen molar-refractivity contribution in [3.8, 4) is 0 Å². The number of likely N-dealkylation sites (tertiary alicyclic amines) is 1. The highest BCUT2D eigenvalue weighted by Crippen LogP contribution is 2.25. The first-order valence-corrected chi connectivity index (χ1v) is 9.89. The Labute approximate surface area is 136 Å². The lowest BCUT2D eigenvalue weighted by Gasteiger charge is -2.16. The zero-order valence-electron chi connectivity index (χ0n) is 13.2. The van der Waals surface area contributed by atoms with E-state index in [1.807, 2.05) is 29.2 Å². The molecule has 2 atom stereocenters. The zero-order chi connectivity index (χ0) is 16.4. The quantitative estimate of drug-likeness (QED) is 0.887. The monoisotopic (exact) mass is 334 g/mol. The molecule has 1 aliphatic heterocycles.